The van der Waals surface area contributed by atoms with Crippen molar-refractivity contribution in [3.63, 3.8) is 0 Å². The molecule has 0 unspecified atom stereocenters. The number of hydrogen-bond donors (Lipinski definition) is 0. The molecule has 0 aromatic rings. The third-order valence-electron chi connectivity index (χ3n) is 2.84. The van der Waals surface area contributed by atoms with Gasteiger partial charge in [0.1, 0.15) is 0 Å². The van der Waals surface area contributed by atoms with Crippen LogP contribution in [-0.2, 0) is 9.59 Å². The molecule has 0 saturated carbocycles. The zero-order valence-electron chi connectivity index (χ0n) is 8.49. The molecule has 2 heteroatoms. The molecule has 76 valence electrons. The summed E-state index contributed by atoms with van der Waals surface area (Å²) in [5.41, 5.74) is 4.71. The Balaban J connectivity index is 2.29. The quantitative estimate of drug-likeness (QED) is 0.570. The van der Waals surface area contributed by atoms with Crippen molar-refractivity contribution < 1.29 is 9.59 Å². The van der Waals surface area contributed by atoms with E-state index < -0.39 is 0 Å². The summed E-state index contributed by atoms with van der Waals surface area (Å²) in [7, 11) is 0. The fourth-order valence-electron chi connectivity index (χ4n) is 2.05. The summed E-state index contributed by atoms with van der Waals surface area (Å²) in [5, 5.41) is 0. The van der Waals surface area contributed by atoms with Gasteiger partial charge >= 0.3 is 0 Å². The van der Waals surface area contributed by atoms with E-state index in [0.717, 1.165) is 6.42 Å². The fourth-order valence-corrected chi connectivity index (χ4v) is 2.05. The van der Waals surface area contributed by atoms with Crippen LogP contribution in [0.25, 0.3) is 0 Å². The summed E-state index contributed by atoms with van der Waals surface area (Å²) >= 11 is 0. The Kier molecular flexibility index (Phi) is 1.79. The highest BCUT2D eigenvalue weighted by molar-refractivity contribution is 6.31. The molecule has 0 radical (unpaired) electrons. The molecule has 3 aliphatic carbocycles. The van der Waals surface area contributed by atoms with E-state index in [0.29, 0.717) is 22.3 Å². The molecule has 3 rings (SSSR count). The van der Waals surface area contributed by atoms with Gasteiger partial charge in [-0.2, -0.15) is 0 Å². The van der Waals surface area contributed by atoms with Gasteiger partial charge in [0.2, 0.25) is 5.78 Å². The second kappa shape index (κ2) is 3.16. The number of Topliss-reactive ketones (excluding diaryl/α,β-unsaturated/α-hetero) is 2. The van der Waals surface area contributed by atoms with Gasteiger partial charge in [-0.15, -0.1) is 5.73 Å². The zero-order valence-corrected chi connectivity index (χ0v) is 8.49. The van der Waals surface area contributed by atoms with Crippen LogP contribution in [0.15, 0.2) is 64.5 Å². The number of rotatable bonds is 0. The van der Waals surface area contributed by atoms with E-state index in [4.69, 9.17) is 0 Å². The molecule has 0 N–H and O–H groups in total. The molecule has 0 amide bonds. The van der Waals surface area contributed by atoms with E-state index in [1.54, 1.807) is 24.3 Å². The molecular weight excluding hydrogens is 200 g/mol. The predicted molar refractivity (Wildman–Crippen MR) is 59.6 cm³/mol. The first-order valence-electron chi connectivity index (χ1n) is 5.13. The summed E-state index contributed by atoms with van der Waals surface area (Å²) in [5.74, 6) is -0.175. The van der Waals surface area contributed by atoms with E-state index in [2.05, 4.69) is 5.73 Å². The van der Waals surface area contributed by atoms with Crippen LogP contribution < -0.4 is 0 Å². The second-order valence-electron chi connectivity index (χ2n) is 3.79. The Bertz CT molecular complexity index is 601. The van der Waals surface area contributed by atoms with Crippen LogP contribution in [-0.4, -0.2) is 11.6 Å². The molecule has 0 heterocycles. The summed E-state index contributed by atoms with van der Waals surface area (Å²) < 4.78 is 0. The molecule has 0 aromatic heterocycles. The third-order valence-corrected chi connectivity index (χ3v) is 2.84. The number of allylic oxidation sites excluding steroid dienone is 9. The topological polar surface area (TPSA) is 34.1 Å². The maximum Gasteiger partial charge on any atom is 0.202 e. The van der Waals surface area contributed by atoms with Gasteiger partial charge in [0.15, 0.2) is 5.78 Å². The Morgan fingerprint density at radius 2 is 1.69 bits per heavy atom. The minimum Gasteiger partial charge on any atom is -0.289 e. The zero-order chi connectivity index (χ0) is 11.1. The van der Waals surface area contributed by atoms with Gasteiger partial charge in [-0.25, -0.2) is 0 Å². The molecule has 2 nitrogen and oxygen atoms in total. The molecule has 0 spiro atoms. The van der Waals surface area contributed by atoms with Gasteiger partial charge in [0.25, 0.3) is 0 Å². The van der Waals surface area contributed by atoms with Crippen LogP contribution >= 0.6 is 0 Å². The lowest BCUT2D eigenvalue weighted by molar-refractivity contribution is -0.116. The minimum absolute atomic E-state index is 0.0753. The molecule has 0 fully saturated rings. The smallest absolute Gasteiger partial charge is 0.202 e. The van der Waals surface area contributed by atoms with E-state index in [-0.39, 0.29) is 11.6 Å². The van der Waals surface area contributed by atoms with Gasteiger partial charge in [-0.3, -0.25) is 9.59 Å². The normalized spacial score (nSPS) is 21.8. The molecule has 0 bridgehead atoms. The fraction of sp³-hybridized carbons (Fsp3) is 0.0714. The Hall–Kier alpha value is -2.18. The molecule has 0 atom stereocenters. The molecule has 0 aliphatic heterocycles. The van der Waals surface area contributed by atoms with Crippen LogP contribution in [0.2, 0.25) is 0 Å². The maximum atomic E-state index is 12.1. The number of hydrogen-bond acceptors (Lipinski definition) is 2. The molecule has 3 aliphatic rings. The first kappa shape index (κ1) is 9.08. The van der Waals surface area contributed by atoms with E-state index in [9.17, 15) is 9.59 Å². The van der Waals surface area contributed by atoms with Crippen molar-refractivity contribution in [2.75, 3.05) is 0 Å². The monoisotopic (exact) mass is 208 g/mol. The van der Waals surface area contributed by atoms with Crippen molar-refractivity contribution in [2.24, 2.45) is 0 Å². The van der Waals surface area contributed by atoms with Crippen LogP contribution in [0.5, 0.6) is 0 Å². The number of carbonyl (C=O) groups excluding carboxylic acids is 2. The van der Waals surface area contributed by atoms with E-state index >= 15 is 0 Å². The minimum atomic E-state index is -0.0996. The average molecular weight is 208 g/mol. The van der Waals surface area contributed by atoms with Crippen molar-refractivity contribution in [2.45, 2.75) is 6.42 Å². The lowest BCUT2D eigenvalue weighted by atomic mass is 9.83. The lowest BCUT2D eigenvalue weighted by Crippen LogP contribution is -2.21. The van der Waals surface area contributed by atoms with Crippen molar-refractivity contribution in [3.8, 4) is 0 Å². The van der Waals surface area contributed by atoms with Crippen molar-refractivity contribution in [1.29, 1.82) is 0 Å². The Morgan fingerprint density at radius 1 is 1.00 bits per heavy atom. The highest BCUT2D eigenvalue weighted by Crippen LogP contribution is 2.32. The maximum absolute atomic E-state index is 12.1. The first-order chi connectivity index (χ1) is 7.79. The SMILES string of the molecule is O=C1C2=C=CC=C2C(=O)C2=C1C=CCC=C2. The summed E-state index contributed by atoms with van der Waals surface area (Å²) in [6.45, 7) is 0. The van der Waals surface area contributed by atoms with Gasteiger partial charge in [-0.1, -0.05) is 24.3 Å². The van der Waals surface area contributed by atoms with Gasteiger partial charge in [0, 0.05) is 16.7 Å². The van der Waals surface area contributed by atoms with Crippen LogP contribution in [0.4, 0.5) is 0 Å². The van der Waals surface area contributed by atoms with Gasteiger partial charge in [-0.05, 0) is 18.6 Å². The molecule has 16 heavy (non-hydrogen) atoms. The summed E-state index contributed by atoms with van der Waals surface area (Å²) in [6, 6.07) is 0. The van der Waals surface area contributed by atoms with Crippen LogP contribution in [0, 0.1) is 0 Å². The standard InChI is InChI=1S/C14H8O2/c15-13-9-5-2-1-3-6-10(9)14(16)12-8-4-7-11(12)13/h2-7H,1H2. The molecule has 0 saturated heterocycles. The average Bonchev–Trinajstić information content (AvgIpc) is 2.64. The van der Waals surface area contributed by atoms with Crippen LogP contribution in [0.1, 0.15) is 6.42 Å². The van der Waals surface area contributed by atoms with Crippen molar-refractivity contribution >= 4 is 11.6 Å². The van der Waals surface area contributed by atoms with Gasteiger partial charge < -0.3 is 0 Å². The first-order valence-corrected chi connectivity index (χ1v) is 5.13. The Labute approximate surface area is 92.7 Å². The molecular formula is C14H8O2. The predicted octanol–water partition coefficient (Wildman–Crippen LogP) is 1.97. The number of ketones is 2. The van der Waals surface area contributed by atoms with E-state index in [1.165, 1.54) is 0 Å². The summed E-state index contributed by atoms with van der Waals surface area (Å²) in [6.07, 6.45) is 11.3. The summed E-state index contributed by atoms with van der Waals surface area (Å²) in [4.78, 5) is 24.2. The molecule has 0 aromatic carbocycles. The Morgan fingerprint density at radius 3 is 2.44 bits per heavy atom. The van der Waals surface area contributed by atoms with Crippen molar-refractivity contribution in [3.05, 3.63) is 64.5 Å². The second-order valence-corrected chi connectivity index (χ2v) is 3.79. The third kappa shape index (κ3) is 1.08. The lowest BCUT2D eigenvalue weighted by Gasteiger charge is -2.15. The van der Waals surface area contributed by atoms with Crippen molar-refractivity contribution in [1.82, 2.24) is 0 Å². The highest BCUT2D eigenvalue weighted by Gasteiger charge is 2.33. The largest absolute Gasteiger partial charge is 0.289 e. The van der Waals surface area contributed by atoms with E-state index in [1.807, 2.05) is 12.2 Å². The number of fused-ring (bicyclic) bond motifs is 1. The van der Waals surface area contributed by atoms with Gasteiger partial charge in [0.05, 0.1) is 5.57 Å². The van der Waals surface area contributed by atoms with Crippen LogP contribution in [0.3, 0.4) is 0 Å². The number of carbonyl (C=O) groups is 2. The highest BCUT2D eigenvalue weighted by atomic mass is 16.1.